The fraction of sp³-hybridized carbons (Fsp3) is 0.500. The van der Waals surface area contributed by atoms with Crippen LogP contribution in [-0.4, -0.2) is 35.1 Å². The molecule has 0 aliphatic rings. The van der Waals surface area contributed by atoms with Gasteiger partial charge in [0.15, 0.2) is 0 Å². The summed E-state index contributed by atoms with van der Waals surface area (Å²) in [4.78, 5) is 2.23. The van der Waals surface area contributed by atoms with Gasteiger partial charge in [-0.05, 0) is 25.1 Å². The topological polar surface area (TPSA) is 75.4 Å². The number of nitrogens with two attached hydrogens (primary N) is 1. The van der Waals surface area contributed by atoms with Crippen LogP contribution in [0.3, 0.4) is 0 Å². The van der Waals surface area contributed by atoms with Gasteiger partial charge in [-0.25, -0.2) is 13.1 Å². The lowest BCUT2D eigenvalue weighted by Gasteiger charge is -2.22. The summed E-state index contributed by atoms with van der Waals surface area (Å²) in [5.74, 6) is 0. The number of nitrogens with one attached hydrogen (secondary N) is 1. The third kappa shape index (κ3) is 3.69. The zero-order chi connectivity index (χ0) is 13.6. The van der Waals surface area contributed by atoms with E-state index in [-0.39, 0.29) is 0 Å². The van der Waals surface area contributed by atoms with Gasteiger partial charge in [0.1, 0.15) is 4.90 Å². The number of hydrogen-bond acceptors (Lipinski definition) is 4. The maximum Gasteiger partial charge on any atom is 0.242 e. The van der Waals surface area contributed by atoms with Gasteiger partial charge in [-0.1, -0.05) is 19.1 Å². The van der Waals surface area contributed by atoms with E-state index in [1.165, 1.54) is 0 Å². The number of hydrogen-bond donors (Lipinski definition) is 2. The molecule has 6 heteroatoms. The van der Waals surface area contributed by atoms with Crippen LogP contribution in [0.15, 0.2) is 29.2 Å². The number of anilines is 1. The van der Waals surface area contributed by atoms with E-state index in [1.54, 1.807) is 25.1 Å². The van der Waals surface area contributed by atoms with Crippen molar-refractivity contribution in [1.29, 1.82) is 0 Å². The normalized spacial score (nSPS) is 11.5. The second-order valence-electron chi connectivity index (χ2n) is 4.03. The Kier molecular flexibility index (Phi) is 5.58. The molecule has 0 spiro atoms. The van der Waals surface area contributed by atoms with Gasteiger partial charge < -0.3 is 10.6 Å². The van der Waals surface area contributed by atoms with Crippen LogP contribution in [0.4, 0.5) is 5.69 Å². The van der Waals surface area contributed by atoms with E-state index < -0.39 is 10.0 Å². The molecule has 5 nitrogen and oxygen atoms in total. The minimum absolute atomic E-state index is 0.311. The summed E-state index contributed by atoms with van der Waals surface area (Å²) >= 11 is 0. The van der Waals surface area contributed by atoms with Crippen LogP contribution in [0, 0.1) is 0 Å². The van der Waals surface area contributed by atoms with Gasteiger partial charge in [-0.2, -0.15) is 0 Å². The monoisotopic (exact) mass is 271 g/mol. The first kappa shape index (κ1) is 14.9. The number of para-hydroxylation sites is 1. The maximum absolute atomic E-state index is 12.1. The number of rotatable bonds is 7. The van der Waals surface area contributed by atoms with Crippen molar-refractivity contribution in [3.05, 3.63) is 24.3 Å². The molecule has 0 amide bonds. The number of benzene rings is 1. The first-order valence-corrected chi connectivity index (χ1v) is 7.51. The molecule has 0 unspecified atom stereocenters. The SMILES string of the molecule is CCNS(=O)(=O)c1ccccc1N(C)CCCN. The average molecular weight is 271 g/mol. The zero-order valence-electron chi connectivity index (χ0n) is 10.9. The van der Waals surface area contributed by atoms with Crippen molar-refractivity contribution in [1.82, 2.24) is 4.72 Å². The lowest BCUT2D eigenvalue weighted by Crippen LogP contribution is -2.27. The Morgan fingerprint density at radius 1 is 1.33 bits per heavy atom. The molecule has 0 atom stereocenters. The van der Waals surface area contributed by atoms with Gasteiger partial charge in [-0.15, -0.1) is 0 Å². The molecule has 1 aromatic rings. The van der Waals surface area contributed by atoms with Crippen molar-refractivity contribution in [2.45, 2.75) is 18.2 Å². The van der Waals surface area contributed by atoms with Crippen LogP contribution in [0.25, 0.3) is 0 Å². The van der Waals surface area contributed by atoms with Crippen LogP contribution in [0.1, 0.15) is 13.3 Å². The highest BCUT2D eigenvalue weighted by Gasteiger charge is 2.18. The molecular formula is C12H21N3O2S. The summed E-state index contributed by atoms with van der Waals surface area (Å²) in [6.07, 6.45) is 0.825. The van der Waals surface area contributed by atoms with Gasteiger partial charge in [0, 0.05) is 20.1 Å². The van der Waals surface area contributed by atoms with E-state index in [9.17, 15) is 8.42 Å². The highest BCUT2D eigenvalue weighted by atomic mass is 32.2. The minimum atomic E-state index is -3.43. The summed E-state index contributed by atoms with van der Waals surface area (Å²) < 4.78 is 26.6. The molecule has 0 aliphatic carbocycles. The largest absolute Gasteiger partial charge is 0.373 e. The predicted molar refractivity (Wildman–Crippen MR) is 74.2 cm³/mol. The predicted octanol–water partition coefficient (Wildman–Crippen LogP) is 0.770. The van der Waals surface area contributed by atoms with Crippen LogP contribution in [0.2, 0.25) is 0 Å². The summed E-state index contributed by atoms with van der Waals surface area (Å²) in [7, 11) is -1.56. The van der Waals surface area contributed by atoms with E-state index in [0.29, 0.717) is 23.7 Å². The molecule has 102 valence electrons. The molecule has 1 aromatic carbocycles. The molecule has 18 heavy (non-hydrogen) atoms. The van der Waals surface area contributed by atoms with E-state index in [2.05, 4.69) is 4.72 Å². The minimum Gasteiger partial charge on any atom is -0.373 e. The van der Waals surface area contributed by atoms with E-state index in [4.69, 9.17) is 5.73 Å². The fourth-order valence-corrected chi connectivity index (χ4v) is 3.01. The van der Waals surface area contributed by atoms with E-state index in [1.807, 2.05) is 18.0 Å². The Balaban J connectivity index is 3.06. The van der Waals surface area contributed by atoms with Crippen LogP contribution < -0.4 is 15.4 Å². The lowest BCUT2D eigenvalue weighted by molar-refractivity contribution is 0.583. The second-order valence-corrected chi connectivity index (χ2v) is 5.77. The van der Waals surface area contributed by atoms with Crippen molar-refractivity contribution < 1.29 is 8.42 Å². The average Bonchev–Trinajstić information content (AvgIpc) is 2.36. The van der Waals surface area contributed by atoms with Gasteiger partial charge >= 0.3 is 0 Å². The number of nitrogens with zero attached hydrogens (tertiary/aromatic N) is 1. The summed E-state index contributed by atoms with van der Waals surface area (Å²) in [5, 5.41) is 0. The molecular weight excluding hydrogens is 250 g/mol. The van der Waals surface area contributed by atoms with Gasteiger partial charge in [0.25, 0.3) is 0 Å². The quantitative estimate of drug-likeness (QED) is 0.768. The van der Waals surface area contributed by atoms with Crippen LogP contribution >= 0.6 is 0 Å². The maximum atomic E-state index is 12.1. The summed E-state index contributed by atoms with van der Waals surface area (Å²) in [6.45, 7) is 3.46. The van der Waals surface area contributed by atoms with Crippen molar-refractivity contribution in [2.24, 2.45) is 5.73 Å². The molecule has 0 heterocycles. The number of sulfonamides is 1. The molecule has 0 radical (unpaired) electrons. The fourth-order valence-electron chi connectivity index (χ4n) is 1.72. The van der Waals surface area contributed by atoms with Crippen molar-refractivity contribution in [2.75, 3.05) is 31.6 Å². The van der Waals surface area contributed by atoms with Gasteiger partial charge in [0.05, 0.1) is 5.69 Å². The van der Waals surface area contributed by atoms with Crippen LogP contribution in [-0.2, 0) is 10.0 Å². The highest BCUT2D eigenvalue weighted by Crippen LogP contribution is 2.23. The van der Waals surface area contributed by atoms with Gasteiger partial charge in [0.2, 0.25) is 10.0 Å². The third-order valence-electron chi connectivity index (χ3n) is 2.60. The standard InChI is InChI=1S/C12H21N3O2S/c1-3-14-18(16,17)12-8-5-4-7-11(12)15(2)10-6-9-13/h4-5,7-8,14H,3,6,9-10,13H2,1-2H3. The molecule has 3 N–H and O–H groups in total. The first-order chi connectivity index (χ1) is 8.53. The van der Waals surface area contributed by atoms with Crippen molar-refractivity contribution in [3.63, 3.8) is 0 Å². The highest BCUT2D eigenvalue weighted by molar-refractivity contribution is 7.89. The Morgan fingerprint density at radius 3 is 2.61 bits per heavy atom. The van der Waals surface area contributed by atoms with Crippen molar-refractivity contribution >= 4 is 15.7 Å². The summed E-state index contributed by atoms with van der Waals surface area (Å²) in [5.41, 5.74) is 6.17. The summed E-state index contributed by atoms with van der Waals surface area (Å²) in [6, 6.07) is 6.98. The van der Waals surface area contributed by atoms with E-state index >= 15 is 0 Å². The second kappa shape index (κ2) is 6.72. The van der Waals surface area contributed by atoms with E-state index in [0.717, 1.165) is 13.0 Å². The Hall–Kier alpha value is -1.11. The molecule has 0 saturated carbocycles. The van der Waals surface area contributed by atoms with Gasteiger partial charge in [-0.3, -0.25) is 0 Å². The molecule has 0 aliphatic heterocycles. The zero-order valence-corrected chi connectivity index (χ0v) is 11.7. The van der Waals surface area contributed by atoms with Crippen LogP contribution in [0.5, 0.6) is 0 Å². The Labute approximate surface area is 109 Å². The molecule has 0 fully saturated rings. The lowest BCUT2D eigenvalue weighted by atomic mass is 10.3. The Bertz CT molecular complexity index is 474. The molecule has 0 saturated heterocycles. The first-order valence-electron chi connectivity index (χ1n) is 6.02. The molecule has 1 rings (SSSR count). The molecule has 0 aromatic heterocycles. The molecule has 0 bridgehead atoms. The smallest absolute Gasteiger partial charge is 0.242 e. The third-order valence-corrected chi connectivity index (χ3v) is 4.19. The Morgan fingerprint density at radius 2 is 2.00 bits per heavy atom. The van der Waals surface area contributed by atoms with Crippen molar-refractivity contribution in [3.8, 4) is 0 Å².